The highest BCUT2D eigenvalue weighted by Gasteiger charge is 1.66. The van der Waals surface area contributed by atoms with Crippen molar-refractivity contribution in [2.75, 3.05) is 13.2 Å². The lowest BCUT2D eigenvalue weighted by molar-refractivity contribution is -0.135. The number of carboxylic acid groups (broad SMARTS) is 2. The molecular weight excluding hydrogens is 192 g/mol. The minimum Gasteiger partial charge on any atom is -0.481 e. The van der Waals surface area contributed by atoms with E-state index in [0.29, 0.717) is 0 Å². The van der Waals surface area contributed by atoms with Gasteiger partial charge in [-0.05, 0) is 0 Å². The maximum Gasteiger partial charge on any atom is 0.300 e. The summed E-state index contributed by atoms with van der Waals surface area (Å²) in [5.41, 5.74) is 0. The third kappa shape index (κ3) is 382. The molecule has 0 bridgehead atoms. The molecule has 0 saturated heterocycles. The average Bonchev–Trinajstić information content (AvgIpc) is 1.98. The molecule has 0 saturated carbocycles. The molecule has 0 atom stereocenters. The summed E-state index contributed by atoms with van der Waals surface area (Å²) >= 11 is 0. The Kier molecular flexibility index (Phi) is 23.2. The lowest BCUT2D eigenvalue weighted by atomic mass is 10.5. The second kappa shape index (κ2) is 17.6. The van der Waals surface area contributed by atoms with Crippen LogP contribution < -0.4 is 0 Å². The van der Waals surface area contributed by atoms with Gasteiger partial charge in [-0.3, -0.25) is 9.59 Å². The van der Waals surface area contributed by atoms with Gasteiger partial charge in [-0.15, -0.1) is 0 Å². The van der Waals surface area contributed by atoms with E-state index >= 15 is 0 Å². The van der Waals surface area contributed by atoms with E-state index in [1.165, 1.54) is 12.2 Å². The summed E-state index contributed by atoms with van der Waals surface area (Å²) in [5, 5.41) is 30.8. The predicted molar refractivity (Wildman–Crippen MR) is 49.9 cm³/mol. The Morgan fingerprint density at radius 3 is 1.14 bits per heavy atom. The van der Waals surface area contributed by atoms with E-state index in [4.69, 9.17) is 30.0 Å². The first kappa shape index (κ1) is 18.4. The molecule has 0 rings (SSSR count). The van der Waals surface area contributed by atoms with Crippen LogP contribution in [0.5, 0.6) is 0 Å². The van der Waals surface area contributed by atoms with Crippen molar-refractivity contribution in [2.45, 2.75) is 13.8 Å². The second-order valence-corrected chi connectivity index (χ2v) is 1.87. The first-order valence-electron chi connectivity index (χ1n) is 3.64. The number of carboxylic acids is 2. The molecule has 0 heterocycles. The molecule has 0 spiro atoms. The van der Waals surface area contributed by atoms with Crippen molar-refractivity contribution in [3.8, 4) is 0 Å². The molecule has 4 N–H and O–H groups in total. The van der Waals surface area contributed by atoms with Crippen molar-refractivity contribution in [1.29, 1.82) is 0 Å². The van der Waals surface area contributed by atoms with Crippen molar-refractivity contribution < 1.29 is 30.0 Å². The zero-order chi connectivity index (χ0) is 12.0. The molecule has 0 unspecified atom stereocenters. The molecule has 0 aliphatic heterocycles. The van der Waals surface area contributed by atoms with Gasteiger partial charge in [0, 0.05) is 13.8 Å². The van der Waals surface area contributed by atoms with Gasteiger partial charge in [-0.2, -0.15) is 0 Å². The molecule has 0 aliphatic carbocycles. The number of carbonyl (C=O) groups is 2. The van der Waals surface area contributed by atoms with Crippen LogP contribution in [0, 0.1) is 0 Å². The molecule has 0 aromatic heterocycles. The van der Waals surface area contributed by atoms with Gasteiger partial charge in [0.2, 0.25) is 0 Å². The van der Waals surface area contributed by atoms with Crippen LogP contribution in [0.15, 0.2) is 12.2 Å². The highest BCUT2D eigenvalue weighted by atomic mass is 16.4. The maximum atomic E-state index is 9.00. The Bertz CT molecular complexity index is 137. The lowest BCUT2D eigenvalue weighted by Crippen LogP contribution is -1.78. The molecular formula is C8H16O6. The lowest BCUT2D eigenvalue weighted by Gasteiger charge is -1.73. The highest BCUT2D eigenvalue weighted by Crippen LogP contribution is 1.63. The van der Waals surface area contributed by atoms with E-state index in [1.807, 2.05) is 0 Å². The number of aliphatic hydroxyl groups is 2. The van der Waals surface area contributed by atoms with Crippen LogP contribution in [0.25, 0.3) is 0 Å². The molecule has 0 radical (unpaired) electrons. The van der Waals surface area contributed by atoms with Crippen molar-refractivity contribution >= 4 is 11.9 Å². The van der Waals surface area contributed by atoms with E-state index in [-0.39, 0.29) is 13.2 Å². The Morgan fingerprint density at radius 2 is 1.07 bits per heavy atom. The molecule has 0 aromatic carbocycles. The van der Waals surface area contributed by atoms with Gasteiger partial charge in [-0.1, -0.05) is 12.2 Å². The maximum absolute atomic E-state index is 9.00. The largest absolute Gasteiger partial charge is 0.481 e. The van der Waals surface area contributed by atoms with Gasteiger partial charge in [-0.25, -0.2) is 0 Å². The SMILES string of the molecule is CC(=O)O.CC(=O)O.OC/C=C\CO. The van der Waals surface area contributed by atoms with Gasteiger partial charge in [0.05, 0.1) is 13.2 Å². The Hall–Kier alpha value is -1.40. The van der Waals surface area contributed by atoms with E-state index in [0.717, 1.165) is 13.8 Å². The number of hydrogen-bond donors (Lipinski definition) is 4. The van der Waals surface area contributed by atoms with Gasteiger partial charge in [0.1, 0.15) is 0 Å². The van der Waals surface area contributed by atoms with E-state index in [9.17, 15) is 0 Å². The topological polar surface area (TPSA) is 115 Å². The summed E-state index contributed by atoms with van der Waals surface area (Å²) in [6.45, 7) is 2.20. The summed E-state index contributed by atoms with van der Waals surface area (Å²) in [6.07, 6.45) is 2.97. The minimum absolute atomic E-state index is 0.0144. The highest BCUT2D eigenvalue weighted by molar-refractivity contribution is 5.63. The number of aliphatic carboxylic acids is 2. The fraction of sp³-hybridized carbons (Fsp3) is 0.500. The summed E-state index contributed by atoms with van der Waals surface area (Å²) in [4.78, 5) is 18.0. The van der Waals surface area contributed by atoms with E-state index in [2.05, 4.69) is 0 Å². The van der Waals surface area contributed by atoms with Gasteiger partial charge in [0.15, 0.2) is 0 Å². The van der Waals surface area contributed by atoms with Crippen LogP contribution in [0.2, 0.25) is 0 Å². The van der Waals surface area contributed by atoms with Crippen molar-refractivity contribution in [3.63, 3.8) is 0 Å². The number of hydrogen-bond acceptors (Lipinski definition) is 4. The summed E-state index contributed by atoms with van der Waals surface area (Å²) in [5.74, 6) is -1.67. The average molecular weight is 208 g/mol. The first-order chi connectivity index (χ1) is 6.38. The normalized spacial score (nSPS) is 8.00. The molecule has 6 heteroatoms. The molecule has 6 nitrogen and oxygen atoms in total. The molecule has 0 aromatic rings. The van der Waals surface area contributed by atoms with Gasteiger partial charge in [0.25, 0.3) is 11.9 Å². The zero-order valence-electron chi connectivity index (χ0n) is 8.17. The quantitative estimate of drug-likeness (QED) is 0.463. The predicted octanol–water partition coefficient (Wildman–Crippen LogP) is -0.291. The van der Waals surface area contributed by atoms with Crippen molar-refractivity contribution in [1.82, 2.24) is 0 Å². The van der Waals surface area contributed by atoms with Crippen molar-refractivity contribution in [3.05, 3.63) is 12.2 Å². The van der Waals surface area contributed by atoms with Crippen LogP contribution >= 0.6 is 0 Å². The standard InChI is InChI=1S/C4H8O2.2C2H4O2/c5-3-1-2-4-6;2*1-2(3)4/h1-2,5-6H,3-4H2;2*1H3,(H,3,4)/b2-1-;;. The van der Waals surface area contributed by atoms with Crippen LogP contribution in [0.3, 0.4) is 0 Å². The minimum atomic E-state index is -0.833. The molecule has 0 amide bonds. The molecule has 0 aliphatic rings. The summed E-state index contributed by atoms with van der Waals surface area (Å²) in [6, 6.07) is 0. The van der Waals surface area contributed by atoms with E-state index < -0.39 is 11.9 Å². The number of rotatable bonds is 2. The monoisotopic (exact) mass is 208 g/mol. The Balaban J connectivity index is -0.000000135. The summed E-state index contributed by atoms with van der Waals surface area (Å²) < 4.78 is 0. The smallest absolute Gasteiger partial charge is 0.300 e. The van der Waals surface area contributed by atoms with Crippen molar-refractivity contribution in [2.24, 2.45) is 0 Å². The van der Waals surface area contributed by atoms with Gasteiger partial charge < -0.3 is 20.4 Å². The Labute approximate surface area is 82.1 Å². The van der Waals surface area contributed by atoms with E-state index in [1.54, 1.807) is 0 Å². The van der Waals surface area contributed by atoms with Crippen LogP contribution in [-0.2, 0) is 9.59 Å². The Morgan fingerprint density at radius 1 is 0.929 bits per heavy atom. The fourth-order valence-corrected chi connectivity index (χ4v) is 0.149. The zero-order valence-corrected chi connectivity index (χ0v) is 8.17. The fourth-order valence-electron chi connectivity index (χ4n) is 0.149. The number of aliphatic hydroxyl groups excluding tert-OH is 2. The summed E-state index contributed by atoms with van der Waals surface area (Å²) in [7, 11) is 0. The third-order valence-corrected chi connectivity index (χ3v) is 0.377. The molecule has 84 valence electrons. The third-order valence-electron chi connectivity index (χ3n) is 0.377. The van der Waals surface area contributed by atoms with Gasteiger partial charge >= 0.3 is 0 Å². The molecule has 14 heavy (non-hydrogen) atoms. The van der Waals surface area contributed by atoms with Crippen LogP contribution in [0.1, 0.15) is 13.8 Å². The molecule has 0 fully saturated rings. The second-order valence-electron chi connectivity index (χ2n) is 1.87. The van der Waals surface area contributed by atoms with Crippen LogP contribution in [0.4, 0.5) is 0 Å². The first-order valence-corrected chi connectivity index (χ1v) is 3.64. The van der Waals surface area contributed by atoms with Crippen LogP contribution in [-0.4, -0.2) is 45.6 Å².